The maximum atomic E-state index is 13.6. The normalized spacial score (nSPS) is 13.1. The van der Waals surface area contributed by atoms with Crippen LogP contribution >= 0.6 is 0 Å². The van der Waals surface area contributed by atoms with Gasteiger partial charge >= 0.3 is 6.61 Å². The number of carbonyl (C=O) groups excluding carboxylic acids is 1. The third kappa shape index (κ3) is 4.07. The van der Waals surface area contributed by atoms with Gasteiger partial charge in [-0.2, -0.15) is 8.78 Å². The van der Waals surface area contributed by atoms with Crippen LogP contribution in [0.5, 0.6) is 5.75 Å². The lowest BCUT2D eigenvalue weighted by atomic mass is 10.0. The van der Waals surface area contributed by atoms with E-state index in [1.54, 1.807) is 10.7 Å². The monoisotopic (exact) mass is 446 g/mol. The Labute approximate surface area is 189 Å². The maximum absolute atomic E-state index is 13.6. The average molecular weight is 446 g/mol. The van der Waals surface area contributed by atoms with E-state index in [0.717, 1.165) is 16.8 Å². The predicted molar refractivity (Wildman–Crippen MR) is 120 cm³/mol. The number of para-hydroxylation sites is 2. The standard InChI is InChI=1S/C25H20F2N4O2/c26-25(27)33-20-15-7-11-17-12-8-16-30(21(17)20)24(32)22-28-23(18-9-3-1-4-10-18)31(29-22)19-13-5-2-6-14-19/h1-7,9-11,13-15,25H,8,12,16H2. The van der Waals surface area contributed by atoms with Gasteiger partial charge in [-0.1, -0.05) is 60.7 Å². The number of anilines is 1. The summed E-state index contributed by atoms with van der Waals surface area (Å²) in [6.07, 6.45) is 1.36. The largest absolute Gasteiger partial charge is 0.433 e. The Morgan fingerprint density at radius 1 is 0.939 bits per heavy atom. The van der Waals surface area contributed by atoms with Gasteiger partial charge in [0.05, 0.1) is 11.4 Å². The number of ether oxygens (including phenoxy) is 1. The molecule has 0 saturated carbocycles. The molecule has 0 atom stereocenters. The second-order valence-corrected chi connectivity index (χ2v) is 7.58. The number of benzene rings is 3. The van der Waals surface area contributed by atoms with Crippen molar-refractivity contribution in [2.24, 2.45) is 0 Å². The summed E-state index contributed by atoms with van der Waals surface area (Å²) in [7, 11) is 0. The number of halogens is 2. The molecule has 0 spiro atoms. The van der Waals surface area contributed by atoms with Crippen molar-refractivity contribution in [3.8, 4) is 22.8 Å². The van der Waals surface area contributed by atoms with E-state index in [1.807, 2.05) is 66.7 Å². The Kier molecular flexibility index (Phi) is 5.56. The minimum atomic E-state index is -2.99. The van der Waals surface area contributed by atoms with Crippen molar-refractivity contribution < 1.29 is 18.3 Å². The lowest BCUT2D eigenvalue weighted by Crippen LogP contribution is -2.36. The first-order valence-corrected chi connectivity index (χ1v) is 10.6. The molecule has 33 heavy (non-hydrogen) atoms. The zero-order chi connectivity index (χ0) is 22.8. The van der Waals surface area contributed by atoms with Gasteiger partial charge < -0.3 is 9.64 Å². The Morgan fingerprint density at radius 3 is 2.39 bits per heavy atom. The first-order chi connectivity index (χ1) is 16.1. The predicted octanol–water partition coefficient (Wildman–Crippen LogP) is 5.13. The van der Waals surface area contributed by atoms with Gasteiger partial charge in [0.1, 0.15) is 5.75 Å². The van der Waals surface area contributed by atoms with Crippen molar-refractivity contribution in [3.05, 3.63) is 90.3 Å². The third-order valence-corrected chi connectivity index (χ3v) is 5.47. The van der Waals surface area contributed by atoms with Gasteiger partial charge in [-0.15, -0.1) is 5.10 Å². The van der Waals surface area contributed by atoms with Crippen LogP contribution in [0.4, 0.5) is 14.5 Å². The molecular weight excluding hydrogens is 426 g/mol. The average Bonchev–Trinajstić information content (AvgIpc) is 3.30. The van der Waals surface area contributed by atoms with E-state index in [4.69, 9.17) is 4.74 Å². The first kappa shape index (κ1) is 20.8. The second kappa shape index (κ2) is 8.82. The molecule has 1 amide bonds. The number of aromatic nitrogens is 3. The zero-order valence-electron chi connectivity index (χ0n) is 17.6. The van der Waals surface area contributed by atoms with E-state index < -0.39 is 12.5 Å². The molecule has 3 aromatic carbocycles. The fourth-order valence-corrected chi connectivity index (χ4v) is 4.06. The van der Waals surface area contributed by atoms with Crippen molar-refractivity contribution in [2.45, 2.75) is 19.5 Å². The molecule has 1 aliphatic rings. The fourth-order valence-electron chi connectivity index (χ4n) is 4.06. The van der Waals surface area contributed by atoms with E-state index >= 15 is 0 Å². The summed E-state index contributed by atoms with van der Waals surface area (Å²) in [5, 5.41) is 4.52. The molecule has 1 aromatic heterocycles. The van der Waals surface area contributed by atoms with Crippen molar-refractivity contribution in [3.63, 3.8) is 0 Å². The number of fused-ring (bicyclic) bond motifs is 1. The van der Waals surface area contributed by atoms with Crippen molar-refractivity contribution >= 4 is 11.6 Å². The molecule has 0 radical (unpaired) electrons. The minimum absolute atomic E-state index is 0.0163. The zero-order valence-corrected chi connectivity index (χ0v) is 17.6. The number of amides is 1. The summed E-state index contributed by atoms with van der Waals surface area (Å²) >= 11 is 0. The van der Waals surface area contributed by atoms with Crippen molar-refractivity contribution in [2.75, 3.05) is 11.4 Å². The number of rotatable bonds is 5. The first-order valence-electron chi connectivity index (χ1n) is 10.6. The summed E-state index contributed by atoms with van der Waals surface area (Å²) in [6.45, 7) is -2.63. The van der Waals surface area contributed by atoms with Crippen LogP contribution in [0.25, 0.3) is 17.1 Å². The Hall–Kier alpha value is -4.07. The SMILES string of the molecule is O=C(c1nc(-c2ccccc2)n(-c2ccccc2)n1)N1CCCc2cccc(OC(F)F)c21. The van der Waals surface area contributed by atoms with E-state index in [9.17, 15) is 13.6 Å². The third-order valence-electron chi connectivity index (χ3n) is 5.47. The number of aryl methyl sites for hydroxylation is 1. The highest BCUT2D eigenvalue weighted by atomic mass is 19.3. The fraction of sp³-hybridized carbons (Fsp3) is 0.160. The number of hydrogen-bond donors (Lipinski definition) is 0. The molecule has 1 aliphatic heterocycles. The second-order valence-electron chi connectivity index (χ2n) is 7.58. The van der Waals surface area contributed by atoms with Gasteiger partial charge in [0.25, 0.3) is 5.91 Å². The van der Waals surface area contributed by atoms with Crippen molar-refractivity contribution in [1.82, 2.24) is 14.8 Å². The van der Waals surface area contributed by atoms with Gasteiger partial charge in [0.15, 0.2) is 5.82 Å². The molecular formula is C25H20F2N4O2. The quantitative estimate of drug-likeness (QED) is 0.427. The summed E-state index contributed by atoms with van der Waals surface area (Å²) < 4.78 is 32.4. The molecule has 6 nitrogen and oxygen atoms in total. The van der Waals surface area contributed by atoms with Crippen LogP contribution in [0.2, 0.25) is 0 Å². The molecule has 166 valence electrons. The van der Waals surface area contributed by atoms with Crippen LogP contribution in [-0.2, 0) is 6.42 Å². The Bertz CT molecular complexity index is 1220. The highest BCUT2D eigenvalue weighted by molar-refractivity contribution is 6.05. The maximum Gasteiger partial charge on any atom is 0.387 e. The lowest BCUT2D eigenvalue weighted by Gasteiger charge is -2.30. The van der Waals surface area contributed by atoms with E-state index in [-0.39, 0.29) is 11.6 Å². The van der Waals surface area contributed by atoms with Crippen LogP contribution in [0.15, 0.2) is 78.9 Å². The topological polar surface area (TPSA) is 60.2 Å². The van der Waals surface area contributed by atoms with Crippen molar-refractivity contribution in [1.29, 1.82) is 0 Å². The lowest BCUT2D eigenvalue weighted by molar-refractivity contribution is -0.0495. The highest BCUT2D eigenvalue weighted by Crippen LogP contribution is 2.38. The Balaban J connectivity index is 1.59. The van der Waals surface area contributed by atoms with Gasteiger partial charge in [-0.05, 0) is 36.6 Å². The van der Waals surface area contributed by atoms with Gasteiger partial charge in [-0.3, -0.25) is 4.79 Å². The molecule has 0 unspecified atom stereocenters. The molecule has 0 bridgehead atoms. The highest BCUT2D eigenvalue weighted by Gasteiger charge is 2.31. The number of nitrogens with zero attached hydrogens (tertiary/aromatic N) is 4. The van der Waals surface area contributed by atoms with E-state index in [2.05, 4.69) is 10.1 Å². The summed E-state index contributed by atoms with van der Waals surface area (Å²) in [4.78, 5) is 19.6. The summed E-state index contributed by atoms with van der Waals surface area (Å²) in [5.41, 5.74) is 2.68. The summed E-state index contributed by atoms with van der Waals surface area (Å²) in [5.74, 6) is 0.00589. The van der Waals surface area contributed by atoms with Gasteiger partial charge in [0.2, 0.25) is 5.82 Å². The van der Waals surface area contributed by atoms with Crippen LogP contribution in [0.1, 0.15) is 22.6 Å². The number of alkyl halides is 2. The van der Waals surface area contributed by atoms with Gasteiger partial charge in [0, 0.05) is 12.1 Å². The van der Waals surface area contributed by atoms with Crippen LogP contribution < -0.4 is 9.64 Å². The Morgan fingerprint density at radius 2 is 1.67 bits per heavy atom. The molecule has 0 fully saturated rings. The number of carbonyl (C=O) groups is 1. The van der Waals surface area contributed by atoms with Crippen LogP contribution in [0.3, 0.4) is 0 Å². The molecule has 2 heterocycles. The molecule has 4 aromatic rings. The summed E-state index contributed by atoms with van der Waals surface area (Å²) in [6, 6.07) is 23.8. The van der Waals surface area contributed by atoms with Gasteiger partial charge in [-0.25, -0.2) is 9.67 Å². The molecule has 0 saturated heterocycles. The minimum Gasteiger partial charge on any atom is -0.433 e. The molecule has 5 rings (SSSR count). The van der Waals surface area contributed by atoms with Crippen LogP contribution in [0, 0.1) is 0 Å². The van der Waals surface area contributed by atoms with E-state index in [0.29, 0.717) is 30.9 Å². The smallest absolute Gasteiger partial charge is 0.387 e. The molecule has 0 aliphatic carbocycles. The van der Waals surface area contributed by atoms with E-state index in [1.165, 1.54) is 11.0 Å². The molecule has 0 N–H and O–H groups in total. The molecule has 8 heteroatoms. The van der Waals surface area contributed by atoms with Crippen LogP contribution in [-0.4, -0.2) is 33.8 Å². The number of hydrogen-bond acceptors (Lipinski definition) is 4.